The van der Waals surface area contributed by atoms with Gasteiger partial charge in [-0.2, -0.15) is 0 Å². The van der Waals surface area contributed by atoms with Gasteiger partial charge in [0.2, 0.25) is 5.91 Å². The zero-order valence-corrected chi connectivity index (χ0v) is 9.78. The van der Waals surface area contributed by atoms with Crippen molar-refractivity contribution in [2.75, 3.05) is 23.7 Å². The fourth-order valence-electron chi connectivity index (χ4n) is 1.24. The van der Waals surface area contributed by atoms with Gasteiger partial charge in [0.05, 0.1) is 11.9 Å². The van der Waals surface area contributed by atoms with E-state index < -0.39 is 0 Å². The van der Waals surface area contributed by atoms with Crippen molar-refractivity contribution in [1.29, 1.82) is 0 Å². The number of nitrogens with one attached hydrogen (secondary N) is 2. The van der Waals surface area contributed by atoms with Crippen LogP contribution in [0.1, 0.15) is 12.8 Å². The van der Waals surface area contributed by atoms with Crippen LogP contribution in [-0.4, -0.2) is 24.0 Å². The molecule has 1 heterocycles. The van der Waals surface area contributed by atoms with Crippen molar-refractivity contribution in [1.82, 2.24) is 4.98 Å². The second kappa shape index (κ2) is 7.40. The molecule has 1 aromatic rings. The van der Waals surface area contributed by atoms with Gasteiger partial charge in [-0.3, -0.25) is 4.79 Å². The number of carbonyl (C=O) groups is 1. The number of nitrogens with zero attached hydrogens (tertiary/aromatic N) is 1. The molecule has 0 saturated carbocycles. The van der Waals surface area contributed by atoms with Crippen molar-refractivity contribution in [2.45, 2.75) is 12.8 Å². The molecule has 0 aromatic carbocycles. The molecule has 1 amide bonds. The lowest BCUT2D eigenvalue weighted by atomic mass is 10.3. The molecule has 0 unspecified atom stereocenters. The summed E-state index contributed by atoms with van der Waals surface area (Å²) in [5, 5.41) is 5.81. The van der Waals surface area contributed by atoms with Crippen LogP contribution in [0.4, 0.5) is 11.5 Å². The molecular weight excluding hydrogens is 216 g/mol. The minimum Gasteiger partial charge on any atom is -0.367 e. The maximum Gasteiger partial charge on any atom is 0.224 e. The van der Waals surface area contributed by atoms with Crippen LogP contribution in [0.3, 0.4) is 0 Å². The largest absolute Gasteiger partial charge is 0.367 e. The van der Waals surface area contributed by atoms with Gasteiger partial charge in [-0.15, -0.1) is 6.58 Å². The molecule has 0 bridgehead atoms. The van der Waals surface area contributed by atoms with Crippen molar-refractivity contribution >= 4 is 17.4 Å². The number of hydrogen-bond donors (Lipinski definition) is 3. The van der Waals surface area contributed by atoms with E-state index in [0.717, 1.165) is 5.82 Å². The van der Waals surface area contributed by atoms with Gasteiger partial charge in [0.15, 0.2) is 0 Å². The average Bonchev–Trinajstić information content (AvgIpc) is 2.35. The summed E-state index contributed by atoms with van der Waals surface area (Å²) in [6.07, 6.45) is 4.50. The number of pyridine rings is 1. The zero-order chi connectivity index (χ0) is 12.5. The summed E-state index contributed by atoms with van der Waals surface area (Å²) in [5.41, 5.74) is 6.02. The van der Waals surface area contributed by atoms with Crippen LogP contribution in [0, 0.1) is 0 Å². The third-order valence-electron chi connectivity index (χ3n) is 2.08. The first-order valence-corrected chi connectivity index (χ1v) is 5.57. The van der Waals surface area contributed by atoms with E-state index in [0.29, 0.717) is 31.6 Å². The molecule has 0 aliphatic rings. The van der Waals surface area contributed by atoms with Crippen molar-refractivity contribution in [3.8, 4) is 0 Å². The molecule has 0 fully saturated rings. The molecule has 92 valence electrons. The van der Waals surface area contributed by atoms with Gasteiger partial charge >= 0.3 is 0 Å². The highest BCUT2D eigenvalue weighted by atomic mass is 16.1. The Balaban J connectivity index is 2.44. The summed E-state index contributed by atoms with van der Waals surface area (Å²) >= 11 is 0. The summed E-state index contributed by atoms with van der Waals surface area (Å²) in [6, 6.07) is 3.61. The van der Waals surface area contributed by atoms with Gasteiger partial charge in [0.25, 0.3) is 0 Å². The summed E-state index contributed by atoms with van der Waals surface area (Å²) in [5.74, 6) is 0.717. The van der Waals surface area contributed by atoms with Crippen LogP contribution >= 0.6 is 0 Å². The lowest BCUT2D eigenvalue weighted by Gasteiger charge is -2.06. The van der Waals surface area contributed by atoms with Crippen LogP contribution in [0.2, 0.25) is 0 Å². The number of amides is 1. The number of anilines is 2. The second-order valence-electron chi connectivity index (χ2n) is 3.54. The Labute approximate surface area is 101 Å². The highest BCUT2D eigenvalue weighted by Gasteiger charge is 2.01. The molecule has 17 heavy (non-hydrogen) atoms. The normalized spacial score (nSPS) is 9.71. The van der Waals surface area contributed by atoms with Crippen molar-refractivity contribution in [3.05, 3.63) is 31.0 Å². The van der Waals surface area contributed by atoms with Crippen LogP contribution in [0.25, 0.3) is 0 Å². The molecule has 0 spiro atoms. The van der Waals surface area contributed by atoms with Gasteiger partial charge in [-0.1, -0.05) is 6.08 Å². The first-order chi connectivity index (χ1) is 8.26. The SMILES string of the molecule is C=CCNc1ccc(NC(=O)CCCN)cn1. The Bertz CT molecular complexity index is 361. The van der Waals surface area contributed by atoms with E-state index in [-0.39, 0.29) is 5.91 Å². The lowest BCUT2D eigenvalue weighted by Crippen LogP contribution is -2.13. The number of rotatable bonds is 7. The highest BCUT2D eigenvalue weighted by molar-refractivity contribution is 5.90. The maximum absolute atomic E-state index is 11.4. The standard InChI is InChI=1S/C12H18N4O/c1-2-8-14-11-6-5-10(9-15-11)16-12(17)4-3-7-13/h2,5-6,9H,1,3-4,7-8,13H2,(H,14,15)(H,16,17). The first-order valence-electron chi connectivity index (χ1n) is 5.57. The Hall–Kier alpha value is -1.88. The van der Waals surface area contributed by atoms with Gasteiger partial charge in [0, 0.05) is 13.0 Å². The third kappa shape index (κ3) is 5.12. The molecule has 0 atom stereocenters. The number of nitrogens with two attached hydrogens (primary N) is 1. The van der Waals surface area contributed by atoms with Crippen LogP contribution in [-0.2, 0) is 4.79 Å². The molecule has 5 heteroatoms. The van der Waals surface area contributed by atoms with E-state index in [1.165, 1.54) is 0 Å². The molecule has 0 aliphatic heterocycles. The Morgan fingerprint density at radius 2 is 2.35 bits per heavy atom. The molecule has 4 N–H and O–H groups in total. The predicted octanol–water partition coefficient (Wildman–Crippen LogP) is 1.36. The third-order valence-corrected chi connectivity index (χ3v) is 2.08. The van der Waals surface area contributed by atoms with Gasteiger partial charge in [-0.05, 0) is 25.1 Å². The fourth-order valence-corrected chi connectivity index (χ4v) is 1.24. The molecule has 1 aromatic heterocycles. The highest BCUT2D eigenvalue weighted by Crippen LogP contribution is 2.09. The summed E-state index contributed by atoms with van der Waals surface area (Å²) in [6.45, 7) is 4.79. The maximum atomic E-state index is 11.4. The van der Waals surface area contributed by atoms with Crippen LogP contribution in [0.15, 0.2) is 31.0 Å². The fraction of sp³-hybridized carbons (Fsp3) is 0.333. The monoisotopic (exact) mass is 234 g/mol. The second-order valence-corrected chi connectivity index (χ2v) is 3.54. The Morgan fingerprint density at radius 1 is 1.53 bits per heavy atom. The number of aromatic nitrogens is 1. The first kappa shape index (κ1) is 13.2. The average molecular weight is 234 g/mol. The van der Waals surface area contributed by atoms with Crippen LogP contribution < -0.4 is 16.4 Å². The summed E-state index contributed by atoms with van der Waals surface area (Å²) in [4.78, 5) is 15.6. The predicted molar refractivity (Wildman–Crippen MR) is 69.8 cm³/mol. The van der Waals surface area contributed by atoms with Crippen molar-refractivity contribution in [3.63, 3.8) is 0 Å². The van der Waals surface area contributed by atoms with Gasteiger partial charge < -0.3 is 16.4 Å². The van der Waals surface area contributed by atoms with E-state index in [9.17, 15) is 4.79 Å². The molecular formula is C12H18N4O. The van der Waals surface area contributed by atoms with Crippen LogP contribution in [0.5, 0.6) is 0 Å². The van der Waals surface area contributed by atoms with E-state index >= 15 is 0 Å². The molecule has 0 saturated heterocycles. The van der Waals surface area contributed by atoms with E-state index in [1.54, 1.807) is 18.3 Å². The molecule has 0 aliphatic carbocycles. The molecule has 0 radical (unpaired) electrons. The van der Waals surface area contributed by atoms with E-state index in [4.69, 9.17) is 5.73 Å². The zero-order valence-electron chi connectivity index (χ0n) is 9.78. The summed E-state index contributed by atoms with van der Waals surface area (Å²) in [7, 11) is 0. The van der Waals surface area contributed by atoms with E-state index in [1.807, 2.05) is 6.07 Å². The Kier molecular flexibility index (Phi) is 5.74. The lowest BCUT2D eigenvalue weighted by molar-refractivity contribution is -0.116. The number of hydrogen-bond acceptors (Lipinski definition) is 4. The van der Waals surface area contributed by atoms with Crippen molar-refractivity contribution < 1.29 is 4.79 Å². The topological polar surface area (TPSA) is 80.0 Å². The van der Waals surface area contributed by atoms with Crippen molar-refractivity contribution in [2.24, 2.45) is 5.73 Å². The van der Waals surface area contributed by atoms with Gasteiger partial charge in [0.1, 0.15) is 5.82 Å². The van der Waals surface area contributed by atoms with Gasteiger partial charge in [-0.25, -0.2) is 4.98 Å². The quantitative estimate of drug-likeness (QED) is 0.622. The Morgan fingerprint density at radius 3 is 2.94 bits per heavy atom. The molecule has 5 nitrogen and oxygen atoms in total. The summed E-state index contributed by atoms with van der Waals surface area (Å²) < 4.78 is 0. The minimum absolute atomic E-state index is 0.0379. The smallest absolute Gasteiger partial charge is 0.224 e. The number of carbonyl (C=O) groups excluding carboxylic acids is 1. The minimum atomic E-state index is -0.0379. The van der Waals surface area contributed by atoms with E-state index in [2.05, 4.69) is 22.2 Å². The molecule has 1 rings (SSSR count).